The molecule has 0 saturated carbocycles. The molecular formula is C51H65NO13Si. The summed E-state index contributed by atoms with van der Waals surface area (Å²) in [6.07, 6.45) is -9.52. The predicted octanol–water partition coefficient (Wildman–Crippen LogP) is 7.79. The van der Waals surface area contributed by atoms with Crippen LogP contribution in [0.5, 0.6) is 5.75 Å². The number of esters is 1. The molecule has 3 saturated heterocycles. The maximum atomic E-state index is 13.3. The standard InChI is InChI=1S/C51H65NO13Si/c1-33(53)52-42-45(44-40(62-49(42)58-30-37-22-16-11-17-23-37)31-59-48(64-44)38-24-26-39(55-6)27-25-38)65-50-47(61-34(2)54)46(57-29-36-20-14-10-15-21-36)43(56-28-35-18-12-9-13-19-35)41(63-50)32-60-66(7,8)51(3,4)5/h9-27,40-50H,28-32H2,1-8H3,(H,52,53)/t40-,41-,42-,43-,44-,45-,46+,47-,48-,49-,50+/m1/s1. The van der Waals surface area contributed by atoms with E-state index in [0.717, 1.165) is 22.3 Å². The summed E-state index contributed by atoms with van der Waals surface area (Å²) in [7, 11) is -0.777. The molecule has 15 heteroatoms. The number of amides is 1. The van der Waals surface area contributed by atoms with Crippen LogP contribution in [0.25, 0.3) is 0 Å². The fourth-order valence-corrected chi connectivity index (χ4v) is 8.99. The van der Waals surface area contributed by atoms with Crippen LogP contribution < -0.4 is 10.1 Å². The number of ether oxygens (including phenoxy) is 10. The van der Waals surface area contributed by atoms with Gasteiger partial charge in [-0.3, -0.25) is 9.59 Å². The SMILES string of the molecule is COc1ccc([C@@H]2OC[C@H]3O[C@@H](OCc4ccccc4)[C@H](NC(C)=O)[C@@H](O[C@@H]4O[C@H](CO[Si](C)(C)C(C)(C)C)[C@@H](OCc5ccccc5)[C@H](OCc5ccccc5)[C@H]4OC(C)=O)[C@@H]3O2)cc1. The fraction of sp³-hybridized carbons (Fsp3) is 0.490. The van der Waals surface area contributed by atoms with Gasteiger partial charge in [0.1, 0.15) is 48.4 Å². The summed E-state index contributed by atoms with van der Waals surface area (Å²) in [6, 6.07) is 35.6. The lowest BCUT2D eigenvalue weighted by Gasteiger charge is -2.52. The van der Waals surface area contributed by atoms with Crippen LogP contribution in [-0.4, -0.2) is 102 Å². The highest BCUT2D eigenvalue weighted by atomic mass is 28.4. The van der Waals surface area contributed by atoms with Gasteiger partial charge in [-0.05, 0) is 47.0 Å². The molecule has 0 spiro atoms. The van der Waals surface area contributed by atoms with Crippen LogP contribution >= 0.6 is 0 Å². The molecule has 3 aliphatic heterocycles. The van der Waals surface area contributed by atoms with Gasteiger partial charge in [-0.1, -0.05) is 124 Å². The molecule has 356 valence electrons. The van der Waals surface area contributed by atoms with Gasteiger partial charge in [-0.25, -0.2) is 0 Å². The number of methoxy groups -OCH3 is 1. The average Bonchev–Trinajstić information content (AvgIpc) is 3.30. The highest BCUT2D eigenvalue weighted by molar-refractivity contribution is 6.74. The van der Waals surface area contributed by atoms with E-state index in [1.54, 1.807) is 7.11 Å². The summed E-state index contributed by atoms with van der Waals surface area (Å²) >= 11 is 0. The number of rotatable bonds is 18. The van der Waals surface area contributed by atoms with E-state index in [1.165, 1.54) is 13.8 Å². The number of carbonyl (C=O) groups is 2. The topological polar surface area (TPSA) is 148 Å². The van der Waals surface area contributed by atoms with Gasteiger partial charge in [0.25, 0.3) is 0 Å². The first-order chi connectivity index (χ1) is 31.7. The first-order valence-electron chi connectivity index (χ1n) is 22.6. The first-order valence-corrected chi connectivity index (χ1v) is 25.5. The largest absolute Gasteiger partial charge is 0.497 e. The van der Waals surface area contributed by atoms with Crippen molar-refractivity contribution in [2.24, 2.45) is 0 Å². The molecule has 1 amide bonds. The van der Waals surface area contributed by atoms with E-state index < -0.39 is 81.9 Å². The molecule has 0 bridgehead atoms. The Hall–Kier alpha value is -4.52. The molecule has 4 aromatic carbocycles. The van der Waals surface area contributed by atoms with Crippen LogP contribution in [0.1, 0.15) is 63.2 Å². The van der Waals surface area contributed by atoms with Gasteiger partial charge in [0.2, 0.25) is 5.91 Å². The third kappa shape index (κ3) is 12.7. The molecule has 0 aromatic heterocycles. The number of hydrogen-bond acceptors (Lipinski definition) is 13. The number of benzene rings is 4. The van der Waals surface area contributed by atoms with Crippen molar-refractivity contribution in [3.63, 3.8) is 0 Å². The normalized spacial score (nSPS) is 27.9. The molecule has 3 aliphatic rings. The van der Waals surface area contributed by atoms with Gasteiger partial charge in [-0.2, -0.15) is 0 Å². The second-order valence-electron chi connectivity index (χ2n) is 18.4. The first kappa shape index (κ1) is 49.4. The second kappa shape index (κ2) is 22.5. The minimum Gasteiger partial charge on any atom is -0.497 e. The maximum Gasteiger partial charge on any atom is 0.303 e. The Morgan fingerprint density at radius 2 is 1.24 bits per heavy atom. The Labute approximate surface area is 389 Å². The molecule has 3 heterocycles. The minimum atomic E-state index is -2.38. The molecule has 66 heavy (non-hydrogen) atoms. The lowest BCUT2D eigenvalue weighted by Crippen LogP contribution is -2.70. The number of nitrogens with one attached hydrogen (secondary N) is 1. The van der Waals surface area contributed by atoms with Crippen molar-refractivity contribution in [3.8, 4) is 5.75 Å². The van der Waals surface area contributed by atoms with E-state index in [1.807, 2.05) is 115 Å². The van der Waals surface area contributed by atoms with Gasteiger partial charge in [-0.15, -0.1) is 0 Å². The lowest BCUT2D eigenvalue weighted by molar-refractivity contribution is -0.381. The van der Waals surface area contributed by atoms with Gasteiger partial charge >= 0.3 is 5.97 Å². The molecular weight excluding hydrogens is 863 g/mol. The zero-order valence-electron chi connectivity index (χ0n) is 39.2. The lowest BCUT2D eigenvalue weighted by atomic mass is 9.94. The Morgan fingerprint density at radius 3 is 1.77 bits per heavy atom. The summed E-state index contributed by atoms with van der Waals surface area (Å²) in [5, 5.41) is 2.93. The summed E-state index contributed by atoms with van der Waals surface area (Å²) in [6.45, 7) is 14.4. The van der Waals surface area contributed by atoms with Crippen LogP contribution in [-0.2, 0) is 76.5 Å². The van der Waals surface area contributed by atoms with E-state index in [0.29, 0.717) is 5.75 Å². The highest BCUT2D eigenvalue weighted by Crippen LogP contribution is 2.41. The second-order valence-corrected chi connectivity index (χ2v) is 23.2. The van der Waals surface area contributed by atoms with Crippen molar-refractivity contribution < 1.29 is 61.4 Å². The molecule has 0 unspecified atom stereocenters. The van der Waals surface area contributed by atoms with E-state index in [9.17, 15) is 9.59 Å². The summed E-state index contributed by atoms with van der Waals surface area (Å²) in [4.78, 5) is 26.5. The van der Waals surface area contributed by atoms with Crippen molar-refractivity contribution >= 4 is 20.2 Å². The van der Waals surface area contributed by atoms with Crippen molar-refractivity contribution in [1.29, 1.82) is 0 Å². The molecule has 3 fully saturated rings. The van der Waals surface area contributed by atoms with E-state index in [4.69, 9.17) is 51.8 Å². The molecule has 14 nitrogen and oxygen atoms in total. The van der Waals surface area contributed by atoms with Gasteiger partial charge in [0.05, 0.1) is 40.1 Å². The molecule has 0 aliphatic carbocycles. The molecule has 11 atom stereocenters. The average molecular weight is 928 g/mol. The number of hydrogen-bond donors (Lipinski definition) is 1. The van der Waals surface area contributed by atoms with E-state index in [-0.39, 0.29) is 44.0 Å². The van der Waals surface area contributed by atoms with Crippen LogP contribution in [0, 0.1) is 0 Å². The number of carbonyl (C=O) groups excluding carboxylic acids is 2. The summed E-state index contributed by atoms with van der Waals surface area (Å²) in [5.74, 6) is -0.271. The van der Waals surface area contributed by atoms with Crippen molar-refractivity contribution in [3.05, 3.63) is 138 Å². The molecule has 7 rings (SSSR count). The van der Waals surface area contributed by atoms with Crippen LogP contribution in [0.3, 0.4) is 0 Å². The highest BCUT2D eigenvalue weighted by Gasteiger charge is 2.57. The van der Waals surface area contributed by atoms with Crippen molar-refractivity contribution in [2.75, 3.05) is 20.3 Å². The Balaban J connectivity index is 1.29. The third-order valence-corrected chi connectivity index (χ3v) is 17.0. The summed E-state index contributed by atoms with van der Waals surface area (Å²) < 4.78 is 72.5. The summed E-state index contributed by atoms with van der Waals surface area (Å²) in [5.41, 5.74) is 3.46. The third-order valence-electron chi connectivity index (χ3n) is 12.5. The molecule has 0 radical (unpaired) electrons. The zero-order valence-corrected chi connectivity index (χ0v) is 40.2. The zero-order chi connectivity index (χ0) is 46.8. The number of fused-ring (bicyclic) bond motifs is 1. The fourth-order valence-electron chi connectivity index (χ4n) is 7.97. The Kier molecular flexibility index (Phi) is 16.8. The van der Waals surface area contributed by atoms with Crippen molar-refractivity contribution in [2.45, 2.75) is 140 Å². The smallest absolute Gasteiger partial charge is 0.303 e. The van der Waals surface area contributed by atoms with Crippen LogP contribution in [0.15, 0.2) is 115 Å². The molecule has 1 N–H and O–H groups in total. The Bertz CT molecular complexity index is 2120. The van der Waals surface area contributed by atoms with Gasteiger partial charge in [0.15, 0.2) is 33.3 Å². The Morgan fingerprint density at radius 1 is 0.682 bits per heavy atom. The van der Waals surface area contributed by atoms with Crippen LogP contribution in [0.2, 0.25) is 18.1 Å². The predicted molar refractivity (Wildman–Crippen MR) is 246 cm³/mol. The minimum absolute atomic E-state index is 0.0965. The molecule has 4 aromatic rings. The maximum absolute atomic E-state index is 13.3. The van der Waals surface area contributed by atoms with Gasteiger partial charge < -0.3 is 57.1 Å². The van der Waals surface area contributed by atoms with Gasteiger partial charge in [0, 0.05) is 19.4 Å². The van der Waals surface area contributed by atoms with Crippen LogP contribution in [0.4, 0.5) is 0 Å². The van der Waals surface area contributed by atoms with E-state index in [2.05, 4.69) is 39.2 Å². The monoisotopic (exact) mass is 927 g/mol. The van der Waals surface area contributed by atoms with E-state index >= 15 is 0 Å². The van der Waals surface area contributed by atoms with Crippen molar-refractivity contribution in [1.82, 2.24) is 5.32 Å². The quantitative estimate of drug-likeness (QED) is 0.0766.